The molecule has 13 heavy (non-hydrogen) atoms. The third kappa shape index (κ3) is 3.09. The molecule has 0 aromatic heterocycles. The first kappa shape index (κ1) is 12.6. The van der Waals surface area contributed by atoms with Gasteiger partial charge in [-0.2, -0.15) is 4.91 Å². The summed E-state index contributed by atoms with van der Waals surface area (Å²) in [7, 11) is 0. The summed E-state index contributed by atoms with van der Waals surface area (Å²) in [6.07, 6.45) is 2.35. The molecule has 0 aliphatic rings. The first-order valence-electron chi connectivity index (χ1n) is 5.31. The van der Waals surface area contributed by atoms with Crippen molar-refractivity contribution >= 4 is 0 Å². The van der Waals surface area contributed by atoms with E-state index in [0.717, 1.165) is 0 Å². The van der Waals surface area contributed by atoms with Gasteiger partial charge in [0.1, 0.15) is 0 Å². The summed E-state index contributed by atoms with van der Waals surface area (Å²) in [6.45, 7) is 11.6. The highest BCUT2D eigenvalue weighted by atomic mass is 16.3. The van der Waals surface area contributed by atoms with Crippen molar-refractivity contribution in [3.8, 4) is 0 Å². The van der Waals surface area contributed by atoms with E-state index in [-0.39, 0.29) is 0 Å². The average Bonchev–Trinajstić information content (AvgIpc) is 2.16. The second-order valence-electron chi connectivity index (χ2n) is 4.44. The molecule has 0 N–H and O–H groups in total. The maximum atomic E-state index is 10.2. The molecule has 0 fully saturated rings. The average molecular weight is 185 g/mol. The van der Waals surface area contributed by atoms with E-state index in [2.05, 4.69) is 39.8 Å². The number of nitrogens with zero attached hydrogens (tertiary/aromatic N) is 1. The summed E-state index contributed by atoms with van der Waals surface area (Å²) in [4.78, 5) is 10.2. The number of rotatable bonds is 6. The van der Waals surface area contributed by atoms with E-state index < -0.39 is 0 Å². The largest absolute Gasteiger partial charge is 0.151 e. The van der Waals surface area contributed by atoms with Crippen molar-refractivity contribution in [2.45, 2.75) is 47.5 Å². The zero-order chi connectivity index (χ0) is 10.5. The van der Waals surface area contributed by atoms with Crippen LogP contribution in [0, 0.1) is 22.2 Å². The zero-order valence-corrected chi connectivity index (χ0v) is 9.63. The second-order valence-corrected chi connectivity index (χ2v) is 4.44. The van der Waals surface area contributed by atoms with Crippen LogP contribution in [0.25, 0.3) is 0 Å². The van der Waals surface area contributed by atoms with Crippen LogP contribution in [0.2, 0.25) is 0 Å². The molecule has 2 nitrogen and oxygen atoms in total. The van der Waals surface area contributed by atoms with E-state index in [1.165, 1.54) is 12.8 Å². The van der Waals surface area contributed by atoms with Gasteiger partial charge in [-0.3, -0.25) is 0 Å². The molecule has 0 heterocycles. The van der Waals surface area contributed by atoms with Crippen molar-refractivity contribution in [1.82, 2.24) is 0 Å². The summed E-state index contributed by atoms with van der Waals surface area (Å²) in [5.74, 6) is 0.975. The highest BCUT2D eigenvalue weighted by Crippen LogP contribution is 2.38. The molecule has 0 spiro atoms. The topological polar surface area (TPSA) is 29.4 Å². The lowest BCUT2D eigenvalue weighted by atomic mass is 9.69. The van der Waals surface area contributed by atoms with Gasteiger partial charge in [-0.05, 0) is 17.3 Å². The van der Waals surface area contributed by atoms with E-state index in [1.54, 1.807) is 0 Å². The molecular formula is C11H23NO. The fourth-order valence-electron chi connectivity index (χ4n) is 1.86. The first-order valence-corrected chi connectivity index (χ1v) is 5.31. The number of hydrogen-bond acceptors (Lipinski definition) is 2. The smallest absolute Gasteiger partial charge is 0.0839 e. The summed E-state index contributed by atoms with van der Waals surface area (Å²) in [5.41, 5.74) is 0.365. The SMILES string of the molecule is CCC(C)(CC)C(C)[C@H](C)CN=O. The molecule has 2 heteroatoms. The summed E-state index contributed by atoms with van der Waals surface area (Å²) in [5, 5.41) is 2.99. The first-order chi connectivity index (χ1) is 6.01. The van der Waals surface area contributed by atoms with Gasteiger partial charge >= 0.3 is 0 Å². The quantitative estimate of drug-likeness (QED) is 0.578. The molecule has 0 saturated heterocycles. The van der Waals surface area contributed by atoms with Crippen molar-refractivity contribution in [3.63, 3.8) is 0 Å². The monoisotopic (exact) mass is 185 g/mol. The van der Waals surface area contributed by atoms with Crippen LogP contribution >= 0.6 is 0 Å². The Morgan fingerprint density at radius 2 is 1.69 bits per heavy atom. The molecule has 0 saturated carbocycles. The third-order valence-corrected chi connectivity index (χ3v) is 3.93. The van der Waals surface area contributed by atoms with Crippen molar-refractivity contribution in [2.75, 3.05) is 6.54 Å². The number of nitroso groups, excluding NO2 is 1. The van der Waals surface area contributed by atoms with E-state index >= 15 is 0 Å². The van der Waals surface area contributed by atoms with E-state index in [9.17, 15) is 4.91 Å². The standard InChI is InChI=1S/C11H23NO/c1-6-11(5,7-2)10(4)9(3)8-12-13/h9-10H,6-8H2,1-5H3/t9-,10?/m1/s1. The molecule has 2 atom stereocenters. The Kier molecular flexibility index (Phi) is 5.19. The van der Waals surface area contributed by atoms with Gasteiger partial charge in [-0.1, -0.05) is 52.6 Å². The van der Waals surface area contributed by atoms with Gasteiger partial charge < -0.3 is 0 Å². The van der Waals surface area contributed by atoms with Gasteiger partial charge in [0.15, 0.2) is 0 Å². The fraction of sp³-hybridized carbons (Fsp3) is 1.00. The Balaban J connectivity index is 4.35. The summed E-state index contributed by atoms with van der Waals surface area (Å²) in [6, 6.07) is 0. The highest BCUT2D eigenvalue weighted by Gasteiger charge is 2.31. The minimum absolute atomic E-state index is 0.365. The predicted molar refractivity (Wildman–Crippen MR) is 57.7 cm³/mol. The van der Waals surface area contributed by atoms with Gasteiger partial charge in [0.05, 0.1) is 6.54 Å². The van der Waals surface area contributed by atoms with Crippen LogP contribution in [-0.4, -0.2) is 6.54 Å². The summed E-state index contributed by atoms with van der Waals surface area (Å²) < 4.78 is 0. The molecule has 0 radical (unpaired) electrons. The Morgan fingerprint density at radius 3 is 2.00 bits per heavy atom. The lowest BCUT2D eigenvalue weighted by Crippen LogP contribution is -2.30. The van der Waals surface area contributed by atoms with Gasteiger partial charge in [-0.25, -0.2) is 0 Å². The molecule has 78 valence electrons. The summed E-state index contributed by atoms with van der Waals surface area (Å²) >= 11 is 0. The van der Waals surface area contributed by atoms with Crippen LogP contribution in [0.4, 0.5) is 0 Å². The highest BCUT2D eigenvalue weighted by molar-refractivity contribution is 4.81. The molecule has 1 unspecified atom stereocenters. The Labute approximate surface area is 82.1 Å². The van der Waals surface area contributed by atoms with Crippen molar-refractivity contribution < 1.29 is 0 Å². The van der Waals surface area contributed by atoms with Crippen molar-refractivity contribution in [2.24, 2.45) is 22.4 Å². The molecule has 0 aliphatic heterocycles. The maximum absolute atomic E-state index is 10.2. The molecule has 0 bridgehead atoms. The van der Waals surface area contributed by atoms with Crippen LogP contribution in [0.3, 0.4) is 0 Å². The number of hydrogen-bond donors (Lipinski definition) is 0. The normalized spacial score (nSPS) is 16.7. The minimum Gasteiger partial charge on any atom is -0.151 e. The van der Waals surface area contributed by atoms with Crippen molar-refractivity contribution in [3.05, 3.63) is 4.91 Å². The van der Waals surface area contributed by atoms with Gasteiger partial charge in [-0.15, -0.1) is 0 Å². The fourth-order valence-corrected chi connectivity index (χ4v) is 1.86. The second kappa shape index (κ2) is 5.36. The van der Waals surface area contributed by atoms with Gasteiger partial charge in [0.2, 0.25) is 0 Å². The van der Waals surface area contributed by atoms with Crippen LogP contribution < -0.4 is 0 Å². The minimum atomic E-state index is 0.365. The molecule has 0 aromatic rings. The predicted octanol–water partition coefficient (Wildman–Crippen LogP) is 3.85. The zero-order valence-electron chi connectivity index (χ0n) is 9.63. The van der Waals surface area contributed by atoms with E-state index in [1.807, 2.05) is 0 Å². The van der Waals surface area contributed by atoms with Crippen LogP contribution in [0.5, 0.6) is 0 Å². The van der Waals surface area contributed by atoms with Gasteiger partial charge in [0, 0.05) is 0 Å². The molecule has 0 aromatic carbocycles. The lowest BCUT2D eigenvalue weighted by Gasteiger charge is -2.37. The maximum Gasteiger partial charge on any atom is 0.0839 e. The van der Waals surface area contributed by atoms with Crippen LogP contribution in [0.15, 0.2) is 5.18 Å². The van der Waals surface area contributed by atoms with Crippen molar-refractivity contribution in [1.29, 1.82) is 0 Å². The van der Waals surface area contributed by atoms with Crippen LogP contribution in [-0.2, 0) is 0 Å². The van der Waals surface area contributed by atoms with E-state index in [0.29, 0.717) is 23.8 Å². The third-order valence-electron chi connectivity index (χ3n) is 3.93. The molecule has 0 aliphatic carbocycles. The Morgan fingerprint density at radius 1 is 1.23 bits per heavy atom. The molecular weight excluding hydrogens is 162 g/mol. The molecule has 0 amide bonds. The Hall–Kier alpha value is -0.400. The molecule has 0 rings (SSSR count). The van der Waals surface area contributed by atoms with E-state index in [4.69, 9.17) is 0 Å². The van der Waals surface area contributed by atoms with Gasteiger partial charge in [0.25, 0.3) is 0 Å². The Bertz CT molecular complexity index is 152. The lowest BCUT2D eigenvalue weighted by molar-refractivity contribution is 0.133. The van der Waals surface area contributed by atoms with Crippen LogP contribution in [0.1, 0.15) is 47.5 Å².